The topological polar surface area (TPSA) is 61.9 Å². The number of carbonyl (C=O) groups is 1. The Morgan fingerprint density at radius 1 is 1.17 bits per heavy atom. The molecule has 1 amide bonds. The van der Waals surface area contributed by atoms with Gasteiger partial charge in [-0.25, -0.2) is 9.97 Å². The van der Waals surface area contributed by atoms with E-state index in [-0.39, 0.29) is 5.91 Å². The number of carbonyl (C=O) groups excluding carboxylic acids is 1. The van der Waals surface area contributed by atoms with Crippen LogP contribution in [0.4, 0.5) is 10.8 Å². The maximum Gasteiger partial charge on any atom is 0.230 e. The highest BCUT2D eigenvalue weighted by Gasteiger charge is 2.17. The first-order valence-corrected chi connectivity index (χ1v) is 11.5. The predicted molar refractivity (Wildman–Crippen MR) is 123 cm³/mol. The average Bonchev–Trinajstić information content (AvgIpc) is 3.37. The van der Waals surface area contributed by atoms with Gasteiger partial charge in [0.2, 0.25) is 5.91 Å². The van der Waals surface area contributed by atoms with E-state index in [1.807, 2.05) is 66.2 Å². The molecule has 29 heavy (non-hydrogen) atoms. The van der Waals surface area contributed by atoms with Gasteiger partial charge in [-0.05, 0) is 29.8 Å². The molecule has 0 atom stereocenters. The van der Waals surface area contributed by atoms with E-state index in [1.54, 1.807) is 23.6 Å². The van der Waals surface area contributed by atoms with E-state index in [1.165, 1.54) is 11.3 Å². The molecule has 2 heterocycles. The van der Waals surface area contributed by atoms with Gasteiger partial charge in [0.05, 0.1) is 23.3 Å². The van der Waals surface area contributed by atoms with Gasteiger partial charge >= 0.3 is 0 Å². The number of aromatic nitrogens is 3. The standard InChI is InChI=1S/C21H17BrN4OS2/c1-14(27)26(18-5-3-2-4-6-18)21-24-17(13-29-21)12-28-20-23-11-19(25-20)15-7-9-16(22)10-8-15/h2-11,13H,12H2,1H3,(H,23,25). The number of para-hydroxylation sites is 1. The number of hydrogen-bond acceptors (Lipinski definition) is 5. The molecule has 0 unspecified atom stereocenters. The van der Waals surface area contributed by atoms with Gasteiger partial charge < -0.3 is 4.98 Å². The number of benzene rings is 2. The minimum absolute atomic E-state index is 0.0603. The first-order chi connectivity index (χ1) is 14.1. The molecule has 2 aromatic carbocycles. The van der Waals surface area contributed by atoms with E-state index in [9.17, 15) is 4.79 Å². The van der Waals surface area contributed by atoms with Gasteiger partial charge in [0.15, 0.2) is 10.3 Å². The van der Waals surface area contributed by atoms with Gasteiger partial charge in [-0.1, -0.05) is 58.0 Å². The summed E-state index contributed by atoms with van der Waals surface area (Å²) in [5.74, 6) is 0.611. The second-order valence-electron chi connectivity index (χ2n) is 6.21. The Labute approximate surface area is 185 Å². The molecule has 0 aliphatic rings. The minimum Gasteiger partial charge on any atom is -0.333 e. The molecule has 2 aromatic heterocycles. The molecule has 0 bridgehead atoms. The summed E-state index contributed by atoms with van der Waals surface area (Å²) >= 11 is 6.50. The summed E-state index contributed by atoms with van der Waals surface area (Å²) in [5.41, 5.74) is 3.80. The van der Waals surface area contributed by atoms with Crippen molar-refractivity contribution in [1.82, 2.24) is 15.0 Å². The molecule has 1 N–H and O–H groups in total. The first kappa shape index (κ1) is 19.9. The molecular weight excluding hydrogens is 468 g/mol. The minimum atomic E-state index is -0.0603. The van der Waals surface area contributed by atoms with Crippen LogP contribution < -0.4 is 4.90 Å². The third kappa shape index (κ3) is 4.77. The lowest BCUT2D eigenvalue weighted by molar-refractivity contribution is -0.115. The SMILES string of the molecule is CC(=O)N(c1ccccc1)c1nc(CSc2ncc(-c3ccc(Br)cc3)[nH]2)cs1. The predicted octanol–water partition coefficient (Wildman–Crippen LogP) is 6.27. The van der Waals surface area contributed by atoms with Crippen molar-refractivity contribution in [2.45, 2.75) is 17.8 Å². The smallest absolute Gasteiger partial charge is 0.230 e. The number of thioether (sulfide) groups is 1. The van der Waals surface area contributed by atoms with Gasteiger partial charge in [-0.15, -0.1) is 11.3 Å². The van der Waals surface area contributed by atoms with Crippen LogP contribution in [0.25, 0.3) is 11.3 Å². The Kier molecular flexibility index (Phi) is 6.13. The van der Waals surface area contributed by atoms with Crippen molar-refractivity contribution < 1.29 is 4.79 Å². The highest BCUT2D eigenvalue weighted by atomic mass is 79.9. The monoisotopic (exact) mass is 484 g/mol. The lowest BCUT2D eigenvalue weighted by atomic mass is 10.2. The van der Waals surface area contributed by atoms with Crippen LogP contribution in [0.2, 0.25) is 0 Å². The molecular formula is C21H17BrN4OS2. The summed E-state index contributed by atoms with van der Waals surface area (Å²) in [4.78, 5) is 26.2. The van der Waals surface area contributed by atoms with Crippen molar-refractivity contribution in [1.29, 1.82) is 0 Å². The Morgan fingerprint density at radius 3 is 2.66 bits per heavy atom. The van der Waals surface area contributed by atoms with Gasteiger partial charge in [-0.2, -0.15) is 0 Å². The normalized spacial score (nSPS) is 10.8. The summed E-state index contributed by atoms with van der Waals surface area (Å²) in [5, 5.41) is 3.50. The van der Waals surface area contributed by atoms with Crippen LogP contribution in [0.5, 0.6) is 0 Å². The van der Waals surface area contributed by atoms with Crippen molar-refractivity contribution in [3.8, 4) is 11.3 Å². The van der Waals surface area contributed by atoms with E-state index >= 15 is 0 Å². The van der Waals surface area contributed by atoms with Crippen molar-refractivity contribution >= 4 is 55.8 Å². The summed E-state index contributed by atoms with van der Waals surface area (Å²) in [6, 6.07) is 17.7. The van der Waals surface area contributed by atoms with Gasteiger partial charge in [0.25, 0.3) is 0 Å². The average molecular weight is 485 g/mol. The zero-order chi connectivity index (χ0) is 20.2. The summed E-state index contributed by atoms with van der Waals surface area (Å²) in [6.07, 6.45) is 1.84. The van der Waals surface area contributed by atoms with Gasteiger partial charge in [0.1, 0.15) is 0 Å². The zero-order valence-electron chi connectivity index (χ0n) is 15.5. The van der Waals surface area contributed by atoms with Crippen LogP contribution in [-0.4, -0.2) is 20.9 Å². The van der Waals surface area contributed by atoms with Crippen molar-refractivity contribution in [3.63, 3.8) is 0 Å². The van der Waals surface area contributed by atoms with E-state index in [0.29, 0.717) is 10.9 Å². The summed E-state index contributed by atoms with van der Waals surface area (Å²) in [7, 11) is 0. The quantitative estimate of drug-likeness (QED) is 0.327. The molecule has 5 nitrogen and oxygen atoms in total. The second kappa shape index (κ2) is 8.94. The molecule has 0 aliphatic carbocycles. The van der Waals surface area contributed by atoms with Crippen LogP contribution in [-0.2, 0) is 10.5 Å². The molecule has 146 valence electrons. The van der Waals surface area contributed by atoms with Crippen molar-refractivity contribution in [2.24, 2.45) is 0 Å². The number of thiazole rings is 1. The van der Waals surface area contributed by atoms with E-state index < -0.39 is 0 Å². The fourth-order valence-corrected chi connectivity index (χ4v) is 4.76. The molecule has 4 aromatic rings. The highest BCUT2D eigenvalue weighted by molar-refractivity contribution is 9.10. The Hall–Kier alpha value is -2.42. The molecule has 0 aliphatic heterocycles. The number of nitrogens with zero attached hydrogens (tertiary/aromatic N) is 3. The van der Waals surface area contributed by atoms with Crippen molar-refractivity contribution in [3.05, 3.63) is 76.3 Å². The Bertz CT molecular complexity index is 1110. The number of hydrogen-bond donors (Lipinski definition) is 1. The van der Waals surface area contributed by atoms with Crippen LogP contribution >= 0.6 is 39.0 Å². The molecule has 8 heteroatoms. The molecule has 0 saturated heterocycles. The maximum absolute atomic E-state index is 12.2. The number of halogens is 1. The lowest BCUT2D eigenvalue weighted by Crippen LogP contribution is -2.22. The van der Waals surface area contributed by atoms with Gasteiger partial charge in [0, 0.05) is 22.5 Å². The third-order valence-corrected chi connectivity index (χ3v) is 6.45. The highest BCUT2D eigenvalue weighted by Crippen LogP contribution is 2.31. The van der Waals surface area contributed by atoms with Crippen LogP contribution in [0.15, 0.2) is 75.8 Å². The summed E-state index contributed by atoms with van der Waals surface area (Å²) in [6.45, 7) is 1.55. The number of nitrogens with one attached hydrogen (secondary N) is 1. The molecule has 0 spiro atoms. The number of aromatic amines is 1. The number of anilines is 2. The fraction of sp³-hybridized carbons (Fsp3) is 0.0952. The van der Waals surface area contributed by atoms with E-state index in [2.05, 4.69) is 30.9 Å². The zero-order valence-corrected chi connectivity index (χ0v) is 18.7. The Morgan fingerprint density at radius 2 is 1.93 bits per heavy atom. The number of imidazole rings is 1. The van der Waals surface area contributed by atoms with Crippen LogP contribution in [0.3, 0.4) is 0 Å². The van der Waals surface area contributed by atoms with Crippen molar-refractivity contribution in [2.75, 3.05) is 4.90 Å². The molecule has 4 rings (SSSR count). The third-order valence-electron chi connectivity index (χ3n) is 4.12. The number of rotatable bonds is 6. The lowest BCUT2D eigenvalue weighted by Gasteiger charge is -2.17. The van der Waals surface area contributed by atoms with E-state index in [0.717, 1.165) is 32.3 Å². The first-order valence-electron chi connectivity index (χ1n) is 8.84. The number of H-pyrrole nitrogens is 1. The second-order valence-corrected chi connectivity index (χ2v) is 8.93. The maximum atomic E-state index is 12.2. The summed E-state index contributed by atoms with van der Waals surface area (Å²) < 4.78 is 1.05. The molecule has 0 saturated carbocycles. The molecule has 0 radical (unpaired) electrons. The fourth-order valence-electron chi connectivity index (χ4n) is 2.76. The van der Waals surface area contributed by atoms with Crippen LogP contribution in [0.1, 0.15) is 12.6 Å². The largest absolute Gasteiger partial charge is 0.333 e. The van der Waals surface area contributed by atoms with E-state index in [4.69, 9.17) is 0 Å². The molecule has 0 fully saturated rings. The number of amides is 1. The van der Waals surface area contributed by atoms with Gasteiger partial charge in [-0.3, -0.25) is 9.69 Å². The van der Waals surface area contributed by atoms with Crippen LogP contribution in [0, 0.1) is 0 Å². The Balaban J connectivity index is 1.44.